The molecule has 0 aliphatic carbocycles. The zero-order valence-corrected chi connectivity index (χ0v) is 13.6. The number of aryl methyl sites for hydroxylation is 1. The van der Waals surface area contributed by atoms with E-state index in [-0.39, 0.29) is 5.91 Å². The normalized spacial score (nSPS) is 18.8. The van der Waals surface area contributed by atoms with E-state index in [0.717, 1.165) is 43.0 Å². The van der Waals surface area contributed by atoms with E-state index in [1.54, 1.807) is 0 Å². The fourth-order valence-electron chi connectivity index (χ4n) is 3.05. The highest BCUT2D eigenvalue weighted by Crippen LogP contribution is 2.19. The van der Waals surface area contributed by atoms with Gasteiger partial charge in [0.2, 0.25) is 0 Å². The Morgan fingerprint density at radius 3 is 2.81 bits per heavy atom. The second-order valence-corrected chi connectivity index (χ2v) is 6.16. The zero-order valence-electron chi connectivity index (χ0n) is 13.6. The molecule has 0 saturated carbocycles. The first-order chi connectivity index (χ1) is 10.0. The van der Waals surface area contributed by atoms with E-state index in [2.05, 4.69) is 24.2 Å². The molecule has 4 heteroatoms. The van der Waals surface area contributed by atoms with Crippen LogP contribution in [-0.4, -0.2) is 56.0 Å². The van der Waals surface area contributed by atoms with Crippen LogP contribution in [0.2, 0.25) is 0 Å². The summed E-state index contributed by atoms with van der Waals surface area (Å²) in [6, 6.07) is 5.91. The predicted octanol–water partition coefficient (Wildman–Crippen LogP) is 2.45. The molecular formula is C17H27N3O. The second kappa shape index (κ2) is 6.94. The van der Waals surface area contributed by atoms with Gasteiger partial charge in [-0.15, -0.1) is 0 Å². The molecule has 1 aliphatic heterocycles. The molecule has 1 atom stereocenters. The Bertz CT molecular complexity index is 501. The SMILES string of the molecule is CCNc1ccc(C(=O)N(C)CC2CCN(C)C2)cc1C. The molecular weight excluding hydrogens is 262 g/mol. The molecule has 1 fully saturated rings. The van der Waals surface area contributed by atoms with E-state index in [9.17, 15) is 4.79 Å². The van der Waals surface area contributed by atoms with Crippen molar-refractivity contribution in [3.8, 4) is 0 Å². The summed E-state index contributed by atoms with van der Waals surface area (Å²) in [6.07, 6.45) is 1.19. The van der Waals surface area contributed by atoms with Crippen LogP contribution in [0.1, 0.15) is 29.3 Å². The second-order valence-electron chi connectivity index (χ2n) is 6.16. The first-order valence-electron chi connectivity index (χ1n) is 7.79. The van der Waals surface area contributed by atoms with Gasteiger partial charge in [-0.3, -0.25) is 4.79 Å². The topological polar surface area (TPSA) is 35.6 Å². The fourth-order valence-corrected chi connectivity index (χ4v) is 3.05. The monoisotopic (exact) mass is 289 g/mol. The molecule has 1 N–H and O–H groups in total. The maximum absolute atomic E-state index is 12.5. The highest BCUT2D eigenvalue weighted by molar-refractivity contribution is 5.94. The van der Waals surface area contributed by atoms with Crippen molar-refractivity contribution in [3.63, 3.8) is 0 Å². The lowest BCUT2D eigenvalue weighted by molar-refractivity contribution is 0.0774. The van der Waals surface area contributed by atoms with E-state index in [1.807, 2.05) is 37.1 Å². The van der Waals surface area contributed by atoms with Crippen molar-refractivity contribution in [2.24, 2.45) is 5.92 Å². The van der Waals surface area contributed by atoms with Gasteiger partial charge in [0.15, 0.2) is 0 Å². The average molecular weight is 289 g/mol. The van der Waals surface area contributed by atoms with Gasteiger partial charge in [-0.05, 0) is 63.5 Å². The van der Waals surface area contributed by atoms with E-state index in [1.165, 1.54) is 6.42 Å². The number of anilines is 1. The van der Waals surface area contributed by atoms with Gasteiger partial charge in [-0.1, -0.05) is 0 Å². The Morgan fingerprint density at radius 2 is 2.24 bits per heavy atom. The average Bonchev–Trinajstić information content (AvgIpc) is 2.85. The lowest BCUT2D eigenvalue weighted by atomic mass is 10.1. The zero-order chi connectivity index (χ0) is 15.4. The Kier molecular flexibility index (Phi) is 5.23. The van der Waals surface area contributed by atoms with E-state index in [4.69, 9.17) is 0 Å². The number of hydrogen-bond donors (Lipinski definition) is 1. The Morgan fingerprint density at radius 1 is 1.48 bits per heavy atom. The van der Waals surface area contributed by atoms with Crippen LogP contribution in [0.15, 0.2) is 18.2 Å². The summed E-state index contributed by atoms with van der Waals surface area (Å²) in [5.74, 6) is 0.724. The number of nitrogens with zero attached hydrogens (tertiary/aromatic N) is 2. The van der Waals surface area contributed by atoms with Gasteiger partial charge in [0.25, 0.3) is 5.91 Å². The standard InChI is InChI=1S/C17H27N3O/c1-5-18-16-7-6-15(10-13(16)2)17(21)20(4)12-14-8-9-19(3)11-14/h6-7,10,14,18H,5,8-9,11-12H2,1-4H3. The third kappa shape index (κ3) is 3.97. The van der Waals surface area contributed by atoms with Crippen LogP contribution >= 0.6 is 0 Å². The molecule has 2 rings (SSSR count). The first kappa shape index (κ1) is 15.8. The Labute approximate surface area is 128 Å². The summed E-state index contributed by atoms with van der Waals surface area (Å²) < 4.78 is 0. The van der Waals surface area contributed by atoms with Crippen LogP contribution in [-0.2, 0) is 0 Å². The van der Waals surface area contributed by atoms with Crippen molar-refractivity contribution < 1.29 is 4.79 Å². The minimum Gasteiger partial charge on any atom is -0.385 e. The summed E-state index contributed by atoms with van der Waals surface area (Å²) in [4.78, 5) is 16.7. The predicted molar refractivity (Wildman–Crippen MR) is 87.9 cm³/mol. The van der Waals surface area contributed by atoms with Crippen LogP contribution in [0.5, 0.6) is 0 Å². The third-order valence-electron chi connectivity index (χ3n) is 4.21. The Hall–Kier alpha value is -1.55. The number of benzene rings is 1. The summed E-state index contributed by atoms with van der Waals surface area (Å²) in [7, 11) is 4.05. The van der Waals surface area contributed by atoms with Crippen LogP contribution in [0, 0.1) is 12.8 Å². The lowest BCUT2D eigenvalue weighted by Gasteiger charge is -2.22. The molecule has 1 amide bonds. The molecule has 1 aromatic carbocycles. The van der Waals surface area contributed by atoms with Gasteiger partial charge in [0.05, 0.1) is 0 Å². The number of nitrogens with one attached hydrogen (secondary N) is 1. The molecule has 1 saturated heterocycles. The summed E-state index contributed by atoms with van der Waals surface area (Å²) in [6.45, 7) is 8.09. The van der Waals surface area contributed by atoms with Crippen LogP contribution < -0.4 is 5.32 Å². The molecule has 0 spiro atoms. The molecule has 0 bridgehead atoms. The van der Waals surface area contributed by atoms with Crippen molar-refractivity contribution in [2.45, 2.75) is 20.3 Å². The quantitative estimate of drug-likeness (QED) is 0.904. The van der Waals surface area contributed by atoms with Crippen LogP contribution in [0.4, 0.5) is 5.69 Å². The maximum Gasteiger partial charge on any atom is 0.253 e. The van der Waals surface area contributed by atoms with Gasteiger partial charge >= 0.3 is 0 Å². The summed E-state index contributed by atoms with van der Waals surface area (Å²) in [5.41, 5.74) is 3.01. The van der Waals surface area contributed by atoms with E-state index >= 15 is 0 Å². The number of hydrogen-bond acceptors (Lipinski definition) is 3. The Balaban J connectivity index is 2.00. The minimum absolute atomic E-state index is 0.121. The number of likely N-dealkylation sites (tertiary alicyclic amines) is 1. The van der Waals surface area contributed by atoms with Crippen molar-refractivity contribution in [1.29, 1.82) is 0 Å². The first-order valence-corrected chi connectivity index (χ1v) is 7.79. The highest BCUT2D eigenvalue weighted by Gasteiger charge is 2.23. The maximum atomic E-state index is 12.5. The summed E-state index contributed by atoms with van der Waals surface area (Å²) in [5, 5.41) is 3.30. The van der Waals surface area contributed by atoms with Gasteiger partial charge < -0.3 is 15.1 Å². The molecule has 21 heavy (non-hydrogen) atoms. The smallest absolute Gasteiger partial charge is 0.253 e. The lowest BCUT2D eigenvalue weighted by Crippen LogP contribution is -2.32. The number of rotatable bonds is 5. The molecule has 0 aromatic heterocycles. The number of carbonyl (C=O) groups is 1. The van der Waals surface area contributed by atoms with Crippen molar-refractivity contribution in [1.82, 2.24) is 9.80 Å². The largest absolute Gasteiger partial charge is 0.385 e. The molecule has 4 nitrogen and oxygen atoms in total. The molecule has 1 aromatic rings. The molecule has 1 aliphatic rings. The number of carbonyl (C=O) groups excluding carboxylic acids is 1. The third-order valence-corrected chi connectivity index (χ3v) is 4.21. The van der Waals surface area contributed by atoms with Crippen molar-refractivity contribution in [2.75, 3.05) is 45.6 Å². The van der Waals surface area contributed by atoms with Gasteiger partial charge in [-0.25, -0.2) is 0 Å². The molecule has 116 valence electrons. The minimum atomic E-state index is 0.121. The van der Waals surface area contributed by atoms with Gasteiger partial charge in [-0.2, -0.15) is 0 Å². The highest BCUT2D eigenvalue weighted by atomic mass is 16.2. The van der Waals surface area contributed by atoms with Gasteiger partial charge in [0, 0.05) is 37.9 Å². The molecule has 0 radical (unpaired) electrons. The van der Waals surface area contributed by atoms with E-state index < -0.39 is 0 Å². The number of amides is 1. The van der Waals surface area contributed by atoms with Crippen LogP contribution in [0.25, 0.3) is 0 Å². The summed E-state index contributed by atoms with van der Waals surface area (Å²) >= 11 is 0. The molecule has 1 unspecified atom stereocenters. The fraction of sp³-hybridized carbons (Fsp3) is 0.588. The van der Waals surface area contributed by atoms with Crippen LogP contribution in [0.3, 0.4) is 0 Å². The van der Waals surface area contributed by atoms with Crippen molar-refractivity contribution in [3.05, 3.63) is 29.3 Å². The molecule has 1 heterocycles. The van der Waals surface area contributed by atoms with Crippen molar-refractivity contribution >= 4 is 11.6 Å². The van der Waals surface area contributed by atoms with Gasteiger partial charge in [0.1, 0.15) is 0 Å². The van der Waals surface area contributed by atoms with E-state index in [0.29, 0.717) is 5.92 Å².